The zero-order valence-corrected chi connectivity index (χ0v) is 15.6. The van der Waals surface area contributed by atoms with E-state index >= 15 is 0 Å². The molecule has 4 nitrogen and oxygen atoms in total. The Balaban J connectivity index is 1.49. The van der Waals surface area contributed by atoms with Gasteiger partial charge in [-0.2, -0.15) is 0 Å². The maximum absolute atomic E-state index is 12.2. The molecule has 1 aromatic heterocycles. The highest BCUT2D eigenvalue weighted by atomic mass is 32.1. The standard InChI is InChI=1S/C20H26N2O2S/c1-2-16-7-9-17(10-8-16)24-15-20(23)21-14-18(19-6-5-13-25-19)22-11-3-4-12-22/h5-10,13,18H,2-4,11-12,14-15H2,1H3,(H,21,23)/t18-/m0/s1. The van der Waals surface area contributed by atoms with Crippen molar-refractivity contribution in [3.8, 4) is 5.75 Å². The molecule has 0 unspecified atom stereocenters. The van der Waals surface area contributed by atoms with Gasteiger partial charge in [0.1, 0.15) is 5.75 Å². The molecule has 0 aliphatic carbocycles. The second-order valence-corrected chi connectivity index (χ2v) is 7.34. The second-order valence-electron chi connectivity index (χ2n) is 6.36. The summed E-state index contributed by atoms with van der Waals surface area (Å²) < 4.78 is 5.59. The third-order valence-electron chi connectivity index (χ3n) is 4.65. The van der Waals surface area contributed by atoms with E-state index in [-0.39, 0.29) is 18.6 Å². The Hall–Kier alpha value is -1.85. The molecule has 0 bridgehead atoms. The number of benzene rings is 1. The van der Waals surface area contributed by atoms with E-state index in [0.29, 0.717) is 6.54 Å². The molecule has 3 rings (SSSR count). The summed E-state index contributed by atoms with van der Waals surface area (Å²) in [5.74, 6) is 0.669. The molecule has 134 valence electrons. The molecule has 1 aliphatic heterocycles. The topological polar surface area (TPSA) is 41.6 Å². The first-order chi connectivity index (χ1) is 12.3. The minimum absolute atomic E-state index is 0.0582. The summed E-state index contributed by atoms with van der Waals surface area (Å²) in [6, 6.07) is 12.4. The van der Waals surface area contributed by atoms with Gasteiger partial charge in [-0.05, 0) is 61.5 Å². The van der Waals surface area contributed by atoms with Crippen LogP contribution in [0.15, 0.2) is 41.8 Å². The van der Waals surface area contributed by atoms with Crippen LogP contribution in [0, 0.1) is 0 Å². The Kier molecular flexibility index (Phi) is 6.48. The molecule has 1 aliphatic rings. The number of aryl methyl sites for hydroxylation is 1. The lowest BCUT2D eigenvalue weighted by Crippen LogP contribution is -2.38. The third kappa shape index (κ3) is 5.06. The number of nitrogens with one attached hydrogen (secondary N) is 1. The molecule has 0 spiro atoms. The van der Waals surface area contributed by atoms with Gasteiger partial charge in [0.2, 0.25) is 0 Å². The average molecular weight is 359 g/mol. The van der Waals surface area contributed by atoms with Crippen LogP contribution in [0.4, 0.5) is 0 Å². The minimum atomic E-state index is -0.0691. The molecule has 1 fully saturated rings. The van der Waals surface area contributed by atoms with Crippen LogP contribution in [-0.4, -0.2) is 37.0 Å². The molecule has 1 atom stereocenters. The van der Waals surface area contributed by atoms with Crippen molar-refractivity contribution in [2.75, 3.05) is 26.2 Å². The van der Waals surface area contributed by atoms with Crippen LogP contribution in [0.25, 0.3) is 0 Å². The first-order valence-electron chi connectivity index (χ1n) is 9.02. The number of rotatable bonds is 8. The number of carbonyl (C=O) groups excluding carboxylic acids is 1. The number of amides is 1. The lowest BCUT2D eigenvalue weighted by Gasteiger charge is -2.26. The van der Waals surface area contributed by atoms with Crippen LogP contribution in [0.3, 0.4) is 0 Å². The predicted molar refractivity (Wildman–Crippen MR) is 102 cm³/mol. The van der Waals surface area contributed by atoms with Gasteiger partial charge in [-0.1, -0.05) is 25.1 Å². The van der Waals surface area contributed by atoms with Crippen molar-refractivity contribution in [1.29, 1.82) is 0 Å². The van der Waals surface area contributed by atoms with Crippen LogP contribution >= 0.6 is 11.3 Å². The van der Waals surface area contributed by atoms with Crippen LogP contribution in [-0.2, 0) is 11.2 Å². The first-order valence-corrected chi connectivity index (χ1v) is 9.90. The summed E-state index contributed by atoms with van der Waals surface area (Å²) in [4.78, 5) is 16.0. The first kappa shape index (κ1) is 18.0. The van der Waals surface area contributed by atoms with Crippen LogP contribution in [0.1, 0.15) is 36.2 Å². The summed E-state index contributed by atoms with van der Waals surface area (Å²) >= 11 is 1.76. The van der Waals surface area contributed by atoms with Gasteiger partial charge >= 0.3 is 0 Å². The molecule has 0 radical (unpaired) electrons. The van der Waals surface area contributed by atoms with E-state index in [0.717, 1.165) is 25.3 Å². The van der Waals surface area contributed by atoms with E-state index in [2.05, 4.69) is 34.7 Å². The number of thiophene rings is 1. The van der Waals surface area contributed by atoms with Gasteiger partial charge in [0, 0.05) is 11.4 Å². The highest BCUT2D eigenvalue weighted by molar-refractivity contribution is 7.10. The van der Waals surface area contributed by atoms with Gasteiger partial charge in [0.05, 0.1) is 6.04 Å². The fourth-order valence-electron chi connectivity index (χ4n) is 3.18. The SMILES string of the molecule is CCc1ccc(OCC(=O)NC[C@@H](c2cccs2)N2CCCC2)cc1. The highest BCUT2D eigenvalue weighted by Crippen LogP contribution is 2.27. The van der Waals surface area contributed by atoms with E-state index in [1.807, 2.05) is 24.3 Å². The minimum Gasteiger partial charge on any atom is -0.484 e. The quantitative estimate of drug-likeness (QED) is 0.783. The lowest BCUT2D eigenvalue weighted by molar-refractivity contribution is -0.123. The van der Waals surface area contributed by atoms with Crippen molar-refractivity contribution in [1.82, 2.24) is 10.2 Å². The summed E-state index contributed by atoms with van der Waals surface area (Å²) in [6.45, 7) is 5.03. The van der Waals surface area contributed by atoms with Gasteiger partial charge in [-0.15, -0.1) is 11.3 Å². The number of hydrogen-bond acceptors (Lipinski definition) is 4. The Labute approximate surface area is 153 Å². The Bertz CT molecular complexity index is 649. The molecule has 2 aromatic rings. The number of nitrogens with zero attached hydrogens (tertiary/aromatic N) is 1. The van der Waals surface area contributed by atoms with E-state index in [1.54, 1.807) is 11.3 Å². The number of hydrogen-bond donors (Lipinski definition) is 1. The van der Waals surface area contributed by atoms with Crippen molar-refractivity contribution >= 4 is 17.2 Å². The van der Waals surface area contributed by atoms with E-state index in [9.17, 15) is 4.79 Å². The molecule has 1 N–H and O–H groups in total. The monoisotopic (exact) mass is 358 g/mol. The molecule has 25 heavy (non-hydrogen) atoms. The van der Waals surface area contributed by atoms with E-state index in [4.69, 9.17) is 4.74 Å². The van der Waals surface area contributed by atoms with Crippen molar-refractivity contribution < 1.29 is 9.53 Å². The summed E-state index contributed by atoms with van der Waals surface area (Å²) in [6.07, 6.45) is 3.49. The molecule has 1 amide bonds. The van der Waals surface area contributed by atoms with Crippen LogP contribution in [0.2, 0.25) is 0 Å². The van der Waals surface area contributed by atoms with Gasteiger partial charge in [-0.3, -0.25) is 9.69 Å². The second kappa shape index (κ2) is 9.02. The maximum atomic E-state index is 12.2. The largest absolute Gasteiger partial charge is 0.484 e. The fourth-order valence-corrected chi connectivity index (χ4v) is 4.04. The van der Waals surface area contributed by atoms with Crippen molar-refractivity contribution in [2.45, 2.75) is 32.2 Å². The number of likely N-dealkylation sites (tertiary alicyclic amines) is 1. The van der Waals surface area contributed by atoms with Crippen molar-refractivity contribution in [3.63, 3.8) is 0 Å². The highest BCUT2D eigenvalue weighted by Gasteiger charge is 2.24. The van der Waals surface area contributed by atoms with E-state index < -0.39 is 0 Å². The summed E-state index contributed by atoms with van der Waals surface area (Å²) in [7, 11) is 0. The van der Waals surface area contributed by atoms with Gasteiger partial charge in [0.25, 0.3) is 5.91 Å². The zero-order valence-electron chi connectivity index (χ0n) is 14.7. The van der Waals surface area contributed by atoms with Crippen molar-refractivity contribution in [2.24, 2.45) is 0 Å². The number of carbonyl (C=O) groups is 1. The average Bonchev–Trinajstić information content (AvgIpc) is 3.35. The molecule has 1 saturated heterocycles. The number of ether oxygens (including phenoxy) is 1. The molecule has 5 heteroatoms. The summed E-state index contributed by atoms with van der Waals surface area (Å²) in [5.41, 5.74) is 1.27. The maximum Gasteiger partial charge on any atom is 0.258 e. The smallest absolute Gasteiger partial charge is 0.258 e. The normalized spacial score (nSPS) is 15.9. The van der Waals surface area contributed by atoms with Crippen molar-refractivity contribution in [3.05, 3.63) is 52.2 Å². The Morgan fingerprint density at radius 2 is 2.00 bits per heavy atom. The zero-order chi connectivity index (χ0) is 17.5. The van der Waals surface area contributed by atoms with Gasteiger partial charge < -0.3 is 10.1 Å². The third-order valence-corrected chi connectivity index (χ3v) is 5.62. The molecule has 1 aromatic carbocycles. The fraction of sp³-hybridized carbons (Fsp3) is 0.450. The van der Waals surface area contributed by atoms with Gasteiger partial charge in [0.15, 0.2) is 6.61 Å². The summed E-state index contributed by atoms with van der Waals surface area (Å²) in [5, 5.41) is 5.14. The Morgan fingerprint density at radius 1 is 1.24 bits per heavy atom. The predicted octanol–water partition coefficient (Wildman–Crippen LogP) is 3.64. The lowest BCUT2D eigenvalue weighted by atomic mass is 10.2. The molecule has 0 saturated carbocycles. The molecule has 2 heterocycles. The molecular formula is C20H26N2O2S. The molecular weight excluding hydrogens is 332 g/mol. The van der Waals surface area contributed by atoms with Gasteiger partial charge in [-0.25, -0.2) is 0 Å². The van der Waals surface area contributed by atoms with Crippen LogP contribution in [0.5, 0.6) is 5.75 Å². The van der Waals surface area contributed by atoms with E-state index in [1.165, 1.54) is 23.3 Å². The Morgan fingerprint density at radius 3 is 2.64 bits per heavy atom. The van der Waals surface area contributed by atoms with Crippen LogP contribution < -0.4 is 10.1 Å².